The van der Waals surface area contributed by atoms with E-state index in [1.54, 1.807) is 6.92 Å². The molecule has 1 aromatic rings. The van der Waals surface area contributed by atoms with E-state index in [2.05, 4.69) is 4.99 Å². The Hall–Kier alpha value is -2.38. The molecule has 1 fully saturated rings. The zero-order valence-electron chi connectivity index (χ0n) is 12.4. The Morgan fingerprint density at radius 2 is 2.04 bits per heavy atom. The topological polar surface area (TPSA) is 59.0 Å². The van der Waals surface area contributed by atoms with Gasteiger partial charge in [-0.1, -0.05) is 6.07 Å². The summed E-state index contributed by atoms with van der Waals surface area (Å²) in [6.45, 7) is 1.84. The van der Waals surface area contributed by atoms with Crippen molar-refractivity contribution in [3.05, 3.63) is 34.9 Å². The maximum absolute atomic E-state index is 12.9. The highest BCUT2D eigenvalue weighted by atomic mass is 19.4. The molecule has 23 heavy (non-hydrogen) atoms. The number of imide groups is 1. The summed E-state index contributed by atoms with van der Waals surface area (Å²) in [4.78, 5) is 29.5. The van der Waals surface area contributed by atoms with E-state index in [9.17, 15) is 22.8 Å². The van der Waals surface area contributed by atoms with E-state index in [0.717, 1.165) is 17.0 Å². The van der Waals surface area contributed by atoms with Crippen molar-refractivity contribution >= 4 is 17.7 Å². The molecule has 2 aliphatic heterocycles. The first-order valence-corrected chi connectivity index (χ1v) is 6.96. The minimum absolute atomic E-state index is 0.0370. The molecule has 0 N–H and O–H groups in total. The van der Waals surface area contributed by atoms with Gasteiger partial charge >= 0.3 is 6.18 Å². The number of likely N-dealkylation sites (tertiary alicyclic amines) is 1. The summed E-state index contributed by atoms with van der Waals surface area (Å²) in [7, 11) is 1.33. The van der Waals surface area contributed by atoms with E-state index < -0.39 is 29.1 Å². The fraction of sp³-hybridized carbons (Fsp3) is 0.400. The Balaban J connectivity index is 2.19. The first-order valence-electron chi connectivity index (χ1n) is 6.96. The van der Waals surface area contributed by atoms with E-state index in [-0.39, 0.29) is 30.1 Å². The fourth-order valence-corrected chi connectivity index (χ4v) is 2.90. The molecule has 0 saturated carbocycles. The molecular weight excluding hydrogens is 313 g/mol. The summed E-state index contributed by atoms with van der Waals surface area (Å²) < 4.78 is 44.1. The van der Waals surface area contributed by atoms with Crippen LogP contribution in [0.1, 0.15) is 30.0 Å². The minimum atomic E-state index is -4.52. The van der Waals surface area contributed by atoms with Crippen molar-refractivity contribution in [2.45, 2.75) is 25.1 Å². The molecule has 3 rings (SSSR count). The van der Waals surface area contributed by atoms with Crippen LogP contribution in [0, 0.1) is 0 Å². The zero-order chi connectivity index (χ0) is 17.0. The quantitative estimate of drug-likeness (QED) is 0.743. The molecule has 0 aliphatic carbocycles. The van der Waals surface area contributed by atoms with Crippen LogP contribution >= 0.6 is 0 Å². The molecule has 2 aliphatic rings. The normalized spacial score (nSPS) is 23.5. The monoisotopic (exact) mass is 326 g/mol. The number of amides is 2. The van der Waals surface area contributed by atoms with Gasteiger partial charge in [0.1, 0.15) is 0 Å². The van der Waals surface area contributed by atoms with Crippen LogP contribution in [0.5, 0.6) is 0 Å². The molecule has 1 saturated heterocycles. The van der Waals surface area contributed by atoms with Crippen molar-refractivity contribution in [2.24, 2.45) is 4.99 Å². The van der Waals surface area contributed by atoms with Crippen molar-refractivity contribution in [2.75, 3.05) is 13.7 Å². The summed E-state index contributed by atoms with van der Waals surface area (Å²) in [5, 5.41) is 0. The second-order valence-electron chi connectivity index (χ2n) is 5.40. The molecule has 0 bridgehead atoms. The summed E-state index contributed by atoms with van der Waals surface area (Å²) in [6.07, 6.45) is -4.73. The van der Waals surface area contributed by atoms with Crippen LogP contribution in [0.4, 0.5) is 13.2 Å². The van der Waals surface area contributed by atoms with Crippen LogP contribution in [0.25, 0.3) is 0 Å². The van der Waals surface area contributed by atoms with Crippen LogP contribution in [0.15, 0.2) is 23.2 Å². The number of ether oxygens (including phenoxy) is 1. The van der Waals surface area contributed by atoms with Crippen LogP contribution in [-0.2, 0) is 26.0 Å². The number of nitrogens with zero attached hydrogens (tertiary/aromatic N) is 2. The van der Waals surface area contributed by atoms with Gasteiger partial charge < -0.3 is 4.74 Å². The highest BCUT2D eigenvalue weighted by Gasteiger charge is 2.56. The lowest BCUT2D eigenvalue weighted by Crippen LogP contribution is -2.34. The Kier molecular flexibility index (Phi) is 3.24. The average molecular weight is 326 g/mol. The second-order valence-corrected chi connectivity index (χ2v) is 5.40. The molecule has 1 atom stereocenters. The predicted molar refractivity (Wildman–Crippen MR) is 73.7 cm³/mol. The van der Waals surface area contributed by atoms with Gasteiger partial charge in [0.05, 0.1) is 18.6 Å². The maximum atomic E-state index is 12.9. The molecule has 2 heterocycles. The van der Waals surface area contributed by atoms with E-state index in [0.29, 0.717) is 0 Å². The standard InChI is InChI=1S/C15H13F3N2O3/c1-3-23-12-9-6-8(15(16,17)18)4-5-10(9)14(19-12)7-11(21)20(2)13(14)22/h4-6H,3,7H2,1-2H3. The molecule has 8 heteroatoms. The summed E-state index contributed by atoms with van der Waals surface area (Å²) in [5.74, 6) is -1.02. The van der Waals surface area contributed by atoms with Crippen LogP contribution < -0.4 is 0 Å². The molecule has 5 nitrogen and oxygen atoms in total. The molecule has 0 aromatic heterocycles. The number of alkyl halides is 3. The third kappa shape index (κ3) is 2.12. The summed E-state index contributed by atoms with van der Waals surface area (Å²) >= 11 is 0. The molecule has 1 spiro atoms. The van der Waals surface area contributed by atoms with Crippen molar-refractivity contribution < 1.29 is 27.5 Å². The highest BCUT2D eigenvalue weighted by Crippen LogP contribution is 2.45. The Labute approximate surface area is 129 Å². The number of hydrogen-bond acceptors (Lipinski definition) is 4. The van der Waals surface area contributed by atoms with Gasteiger partial charge in [0.2, 0.25) is 11.8 Å². The van der Waals surface area contributed by atoms with E-state index in [1.165, 1.54) is 13.1 Å². The number of halogens is 3. The lowest BCUT2D eigenvalue weighted by atomic mass is 9.87. The van der Waals surface area contributed by atoms with Gasteiger partial charge in [0, 0.05) is 18.2 Å². The fourth-order valence-electron chi connectivity index (χ4n) is 2.90. The van der Waals surface area contributed by atoms with Crippen molar-refractivity contribution in [3.8, 4) is 0 Å². The van der Waals surface area contributed by atoms with E-state index in [1.807, 2.05) is 0 Å². The molecule has 1 aromatic carbocycles. The van der Waals surface area contributed by atoms with Crippen molar-refractivity contribution in [1.82, 2.24) is 4.90 Å². The third-order valence-corrected chi connectivity index (χ3v) is 4.04. The van der Waals surface area contributed by atoms with Crippen molar-refractivity contribution in [1.29, 1.82) is 0 Å². The zero-order valence-corrected chi connectivity index (χ0v) is 12.4. The van der Waals surface area contributed by atoms with E-state index in [4.69, 9.17) is 4.74 Å². The first kappa shape index (κ1) is 15.5. The number of rotatable bonds is 1. The highest BCUT2D eigenvalue weighted by molar-refractivity contribution is 6.14. The van der Waals surface area contributed by atoms with Gasteiger partial charge in [-0.05, 0) is 19.1 Å². The number of carbonyl (C=O) groups is 2. The average Bonchev–Trinajstić information content (AvgIpc) is 2.90. The molecule has 122 valence electrons. The number of hydrogen-bond donors (Lipinski definition) is 0. The second kappa shape index (κ2) is 4.81. The van der Waals surface area contributed by atoms with Gasteiger partial charge in [-0.15, -0.1) is 0 Å². The Morgan fingerprint density at radius 1 is 1.35 bits per heavy atom. The molecule has 0 radical (unpaired) electrons. The first-order chi connectivity index (χ1) is 10.7. The number of likely N-dealkylation sites (N-methyl/N-ethyl adjacent to an activating group) is 1. The Bertz CT molecular complexity index is 742. The molecular formula is C15H13F3N2O3. The molecule has 1 unspecified atom stereocenters. The molecule has 2 amide bonds. The third-order valence-electron chi connectivity index (χ3n) is 4.04. The largest absolute Gasteiger partial charge is 0.478 e. The van der Waals surface area contributed by atoms with Crippen LogP contribution in [0.2, 0.25) is 0 Å². The predicted octanol–water partition coefficient (Wildman–Crippen LogP) is 2.09. The lowest BCUT2D eigenvalue weighted by Gasteiger charge is -2.18. The van der Waals surface area contributed by atoms with Crippen molar-refractivity contribution in [3.63, 3.8) is 0 Å². The minimum Gasteiger partial charge on any atom is -0.478 e. The lowest BCUT2D eigenvalue weighted by molar-refractivity contribution is -0.138. The maximum Gasteiger partial charge on any atom is 0.416 e. The Morgan fingerprint density at radius 3 is 2.57 bits per heavy atom. The number of carbonyl (C=O) groups excluding carboxylic acids is 2. The summed E-state index contributed by atoms with van der Waals surface area (Å²) in [5.41, 5.74) is -1.98. The van der Waals surface area contributed by atoms with Gasteiger partial charge in [-0.3, -0.25) is 14.5 Å². The van der Waals surface area contributed by atoms with Crippen LogP contribution in [-0.4, -0.2) is 36.3 Å². The van der Waals surface area contributed by atoms with Gasteiger partial charge in [0.25, 0.3) is 5.91 Å². The number of aliphatic imine (C=N–C) groups is 1. The van der Waals surface area contributed by atoms with Crippen LogP contribution in [0.3, 0.4) is 0 Å². The number of fused-ring (bicyclic) bond motifs is 2. The SMILES string of the molecule is CCOC1=NC2(CC(=O)N(C)C2=O)c2ccc(C(F)(F)F)cc21. The van der Waals surface area contributed by atoms with E-state index >= 15 is 0 Å². The summed E-state index contributed by atoms with van der Waals surface area (Å²) in [6, 6.07) is 3.01. The van der Waals surface area contributed by atoms with Gasteiger partial charge in [-0.25, -0.2) is 4.99 Å². The van der Waals surface area contributed by atoms with Gasteiger partial charge in [0.15, 0.2) is 5.54 Å². The van der Waals surface area contributed by atoms with Gasteiger partial charge in [-0.2, -0.15) is 13.2 Å². The smallest absolute Gasteiger partial charge is 0.416 e. The number of benzene rings is 1.